The summed E-state index contributed by atoms with van der Waals surface area (Å²) in [4.78, 5) is 0.0720. The van der Waals surface area contributed by atoms with Crippen LogP contribution in [0.1, 0.15) is 55.5 Å². The molecule has 2 aliphatic rings. The number of halogens is 1. The molecule has 0 radical (unpaired) electrons. The fourth-order valence-electron chi connectivity index (χ4n) is 1.93. The molecule has 2 heterocycles. The van der Waals surface area contributed by atoms with Crippen molar-refractivity contribution in [3.8, 4) is 0 Å². The predicted octanol–water partition coefficient (Wildman–Crippen LogP) is 3.24. The van der Waals surface area contributed by atoms with Crippen LogP contribution in [0.4, 0.5) is 5.69 Å². The van der Waals surface area contributed by atoms with E-state index in [1.54, 1.807) is 27.7 Å². The molecule has 5 heteroatoms. The first-order valence-corrected chi connectivity index (χ1v) is 6.91. The molecule has 0 unspecified atom stereocenters. The summed E-state index contributed by atoms with van der Waals surface area (Å²) in [5, 5.41) is -0.459. The van der Waals surface area contributed by atoms with Crippen molar-refractivity contribution in [2.45, 2.75) is 51.6 Å². The van der Waals surface area contributed by atoms with Gasteiger partial charge >= 0.3 is 7.12 Å². The van der Waals surface area contributed by atoms with Crippen molar-refractivity contribution in [1.82, 2.24) is 0 Å². The van der Waals surface area contributed by atoms with Crippen LogP contribution in [0.25, 0.3) is 0 Å². The van der Waals surface area contributed by atoms with Crippen LogP contribution in [0.2, 0.25) is 5.02 Å². The lowest BCUT2D eigenvalue weighted by molar-refractivity contribution is 0.00578. The third-order valence-electron chi connectivity index (χ3n) is 3.89. The normalized spacial score (nSPS) is 41.1. The molecule has 0 aromatic heterocycles. The molecule has 0 bridgehead atoms. The summed E-state index contributed by atoms with van der Waals surface area (Å²) >= 11 is 6.34. The first-order valence-electron chi connectivity index (χ1n) is 12.0. The van der Waals surface area contributed by atoms with E-state index in [0.29, 0.717) is 0 Å². The number of hydrogen-bond acceptors (Lipinski definition) is 3. The van der Waals surface area contributed by atoms with Crippen molar-refractivity contribution in [3.05, 3.63) is 23.1 Å². The van der Waals surface area contributed by atoms with Gasteiger partial charge in [-0.2, -0.15) is 0 Å². The SMILES string of the molecule is [2H]c1c([2H])c(N2C([2H])([2H])C([2H])([2H])C([2H])([2H])C2([2H])[2H])c([2H])c(Cl)c1B1OC(C)(C)C(C)(C)O1. The van der Waals surface area contributed by atoms with Gasteiger partial charge in [-0.3, -0.25) is 0 Å². The Bertz CT molecular complexity index is 914. The van der Waals surface area contributed by atoms with Crippen molar-refractivity contribution in [2.75, 3.05) is 17.9 Å². The molecule has 0 amide bonds. The van der Waals surface area contributed by atoms with Gasteiger partial charge in [0.2, 0.25) is 0 Å². The Kier molecular flexibility index (Phi) is 1.68. The van der Waals surface area contributed by atoms with Crippen LogP contribution < -0.4 is 10.4 Å². The van der Waals surface area contributed by atoms with E-state index in [4.69, 9.17) is 36.0 Å². The zero-order chi connectivity index (χ0) is 25.0. The maximum atomic E-state index is 8.45. The molecule has 3 rings (SSSR count). The first kappa shape index (κ1) is 6.82. The van der Waals surface area contributed by atoms with Crippen molar-refractivity contribution < 1.29 is 24.4 Å². The highest BCUT2D eigenvalue weighted by atomic mass is 35.5. The van der Waals surface area contributed by atoms with Crippen LogP contribution >= 0.6 is 11.6 Å². The average Bonchev–Trinajstić information content (AvgIpc) is 2.86. The molecular weight excluding hydrogens is 284 g/mol. The maximum absolute atomic E-state index is 8.45. The minimum Gasteiger partial charge on any atom is -0.399 e. The molecule has 0 aliphatic carbocycles. The lowest BCUT2D eigenvalue weighted by Crippen LogP contribution is -2.41. The summed E-state index contributed by atoms with van der Waals surface area (Å²) in [5.41, 5.74) is -2.66. The fourth-order valence-corrected chi connectivity index (χ4v) is 2.15. The molecule has 3 nitrogen and oxygen atoms in total. The molecule has 0 atom stereocenters. The third kappa shape index (κ3) is 2.69. The third-order valence-corrected chi connectivity index (χ3v) is 4.19. The van der Waals surface area contributed by atoms with Gasteiger partial charge in [-0.1, -0.05) is 17.6 Å². The molecule has 2 aliphatic heterocycles. The Morgan fingerprint density at radius 1 is 1.19 bits per heavy atom. The van der Waals surface area contributed by atoms with Crippen molar-refractivity contribution in [2.24, 2.45) is 0 Å². The number of nitrogens with zero attached hydrogens (tertiary/aromatic N) is 1. The molecular formula is C16H23BClNO2. The summed E-state index contributed by atoms with van der Waals surface area (Å²) in [6, 6.07) is -2.22. The van der Waals surface area contributed by atoms with Crippen molar-refractivity contribution in [1.29, 1.82) is 0 Å². The van der Waals surface area contributed by atoms with Crippen LogP contribution in [-0.4, -0.2) is 31.3 Å². The van der Waals surface area contributed by atoms with Gasteiger partial charge in [-0.25, -0.2) is 0 Å². The summed E-state index contributed by atoms with van der Waals surface area (Å²) in [7, 11) is -1.23. The Hall–Kier alpha value is -0.705. The Labute approximate surface area is 148 Å². The predicted molar refractivity (Wildman–Crippen MR) is 88.6 cm³/mol. The van der Waals surface area contributed by atoms with E-state index in [9.17, 15) is 0 Å². The second-order valence-corrected chi connectivity index (χ2v) is 6.23. The molecule has 2 fully saturated rings. The van der Waals surface area contributed by atoms with Gasteiger partial charge < -0.3 is 14.2 Å². The molecule has 1 aromatic rings. The fraction of sp³-hybridized carbons (Fsp3) is 0.625. The smallest absolute Gasteiger partial charge is 0.399 e. The standard InChI is InChI=1S/C16H23BClNO2/c1-15(2)16(3,4)21-17(20-15)13-8-7-12(11-14(13)18)19-9-5-6-10-19/h7-8,11H,5-6,9-10H2,1-4H3/i5D2,6D2,7D,8D,9D2,10D2,11D. The Morgan fingerprint density at radius 2 is 1.76 bits per heavy atom. The van der Waals surface area contributed by atoms with Crippen LogP contribution in [0.5, 0.6) is 0 Å². The van der Waals surface area contributed by atoms with Gasteiger partial charge in [-0.05, 0) is 52.5 Å². The largest absolute Gasteiger partial charge is 0.496 e. The highest BCUT2D eigenvalue weighted by Gasteiger charge is 2.52. The number of hydrogen-bond donors (Lipinski definition) is 0. The highest BCUT2D eigenvalue weighted by Crippen LogP contribution is 2.37. The van der Waals surface area contributed by atoms with Crippen LogP contribution in [-0.2, 0) is 9.31 Å². The van der Waals surface area contributed by atoms with E-state index in [0.717, 1.165) is 0 Å². The summed E-state index contributed by atoms with van der Waals surface area (Å²) in [6.07, 6.45) is -6.72. The number of benzene rings is 1. The van der Waals surface area contributed by atoms with Gasteiger partial charge in [0.1, 0.15) is 0 Å². The Morgan fingerprint density at radius 3 is 2.33 bits per heavy atom. The zero-order valence-corrected chi connectivity index (χ0v) is 13.0. The van der Waals surface area contributed by atoms with Crippen LogP contribution in [0, 0.1) is 0 Å². The molecule has 21 heavy (non-hydrogen) atoms. The van der Waals surface area contributed by atoms with Gasteiger partial charge in [0.25, 0.3) is 0 Å². The average molecular weight is 319 g/mol. The molecule has 2 saturated heterocycles. The van der Waals surface area contributed by atoms with E-state index >= 15 is 0 Å². The first-order chi connectivity index (χ1) is 14.1. The van der Waals surface area contributed by atoms with Crippen molar-refractivity contribution in [3.63, 3.8) is 0 Å². The highest BCUT2D eigenvalue weighted by molar-refractivity contribution is 6.65. The monoisotopic (exact) mass is 318 g/mol. The van der Waals surface area contributed by atoms with Gasteiger partial charge in [0, 0.05) is 40.1 Å². The molecule has 0 saturated carbocycles. The number of anilines is 1. The van der Waals surface area contributed by atoms with Crippen molar-refractivity contribution >= 4 is 29.9 Å². The Balaban J connectivity index is 2.26. The second kappa shape index (κ2) is 5.18. The quantitative estimate of drug-likeness (QED) is 0.781. The van der Waals surface area contributed by atoms with E-state index in [1.807, 2.05) is 0 Å². The lowest BCUT2D eigenvalue weighted by Gasteiger charge is -2.32. The topological polar surface area (TPSA) is 21.7 Å². The number of rotatable bonds is 2. The van der Waals surface area contributed by atoms with Gasteiger partial charge in [-0.15, -0.1) is 0 Å². The van der Waals surface area contributed by atoms with E-state index < -0.39 is 72.9 Å². The summed E-state index contributed by atoms with van der Waals surface area (Å²) in [6.45, 7) is 0.374. The van der Waals surface area contributed by atoms with E-state index in [1.165, 1.54) is 0 Å². The van der Waals surface area contributed by atoms with E-state index in [2.05, 4.69) is 0 Å². The summed E-state index contributed by atoms with van der Waals surface area (Å²) in [5.74, 6) is 0. The minimum absolute atomic E-state index is 0.0720. The molecule has 114 valence electrons. The minimum atomic E-state index is -3.36. The maximum Gasteiger partial charge on any atom is 0.496 e. The second-order valence-electron chi connectivity index (χ2n) is 5.85. The molecule has 1 aromatic carbocycles. The molecule has 0 spiro atoms. The lowest BCUT2D eigenvalue weighted by atomic mass is 9.79. The van der Waals surface area contributed by atoms with Crippen LogP contribution in [0.15, 0.2) is 18.1 Å². The van der Waals surface area contributed by atoms with Gasteiger partial charge in [0.05, 0.1) is 15.3 Å². The van der Waals surface area contributed by atoms with Crippen LogP contribution in [0.3, 0.4) is 0 Å². The van der Waals surface area contributed by atoms with Gasteiger partial charge in [0.15, 0.2) is 0 Å². The zero-order valence-electron chi connectivity index (χ0n) is 23.2. The summed E-state index contributed by atoms with van der Waals surface area (Å²) < 4.78 is 101. The van der Waals surface area contributed by atoms with E-state index in [-0.39, 0.29) is 10.4 Å². The molecule has 0 N–H and O–H groups in total.